The zero-order valence-electron chi connectivity index (χ0n) is 10.3. The van der Waals surface area contributed by atoms with Gasteiger partial charge in [-0.15, -0.1) is 0 Å². The maximum Gasteiger partial charge on any atom is 0.332 e. The van der Waals surface area contributed by atoms with Crippen molar-refractivity contribution in [3.63, 3.8) is 0 Å². The third-order valence-electron chi connectivity index (χ3n) is 2.37. The Morgan fingerprint density at radius 3 is 2.68 bits per heavy atom. The van der Waals surface area contributed by atoms with E-state index < -0.39 is 6.03 Å². The number of hydrogen-bond acceptors (Lipinski definition) is 4. The van der Waals surface area contributed by atoms with Gasteiger partial charge in [-0.05, 0) is 36.4 Å². The number of carbonyl (C=O) groups excluding carboxylic acids is 1. The van der Waals surface area contributed by atoms with Crippen molar-refractivity contribution in [3.8, 4) is 17.1 Å². The Labute approximate surface area is 109 Å². The van der Waals surface area contributed by atoms with Gasteiger partial charge in [-0.25, -0.2) is 10.2 Å². The van der Waals surface area contributed by atoms with Gasteiger partial charge in [0.25, 0.3) is 0 Å². The lowest BCUT2D eigenvalue weighted by Crippen LogP contribution is -2.24. The van der Waals surface area contributed by atoms with Crippen LogP contribution < -0.4 is 15.9 Å². The number of nitrogens with one attached hydrogen (secondary N) is 1. The third kappa shape index (κ3) is 3.35. The van der Waals surface area contributed by atoms with Crippen LogP contribution in [0.1, 0.15) is 5.76 Å². The highest BCUT2D eigenvalue weighted by atomic mass is 16.5. The first-order chi connectivity index (χ1) is 9.19. The van der Waals surface area contributed by atoms with Crippen LogP contribution >= 0.6 is 0 Å². The van der Waals surface area contributed by atoms with E-state index in [4.69, 9.17) is 14.9 Å². The molecule has 0 fully saturated rings. The molecular formula is C13H13N3O3. The zero-order chi connectivity index (χ0) is 13.7. The number of urea groups is 1. The van der Waals surface area contributed by atoms with Crippen molar-refractivity contribution in [2.75, 3.05) is 7.11 Å². The topological polar surface area (TPSA) is 89.9 Å². The Hall–Kier alpha value is -2.76. The van der Waals surface area contributed by atoms with E-state index in [1.807, 2.05) is 30.3 Å². The van der Waals surface area contributed by atoms with E-state index >= 15 is 0 Å². The monoisotopic (exact) mass is 259 g/mol. The van der Waals surface area contributed by atoms with Crippen LogP contribution in [0.4, 0.5) is 4.79 Å². The molecule has 2 rings (SSSR count). The highest BCUT2D eigenvalue weighted by Crippen LogP contribution is 2.23. The summed E-state index contributed by atoms with van der Waals surface area (Å²) in [5.74, 6) is 1.99. The minimum atomic E-state index is -0.724. The minimum absolute atomic E-state index is 0.513. The summed E-state index contributed by atoms with van der Waals surface area (Å²) in [7, 11) is 1.61. The Balaban J connectivity index is 2.11. The van der Waals surface area contributed by atoms with Gasteiger partial charge < -0.3 is 14.9 Å². The van der Waals surface area contributed by atoms with Crippen molar-refractivity contribution >= 4 is 12.2 Å². The smallest absolute Gasteiger partial charge is 0.332 e. The molecule has 0 atom stereocenters. The predicted octanol–water partition coefficient (Wildman–Crippen LogP) is 1.96. The van der Waals surface area contributed by atoms with Gasteiger partial charge in [-0.2, -0.15) is 5.10 Å². The Kier molecular flexibility index (Phi) is 3.82. The molecule has 3 N–H and O–H groups in total. The molecule has 19 heavy (non-hydrogen) atoms. The SMILES string of the molecule is COc1ccc(-c2ccc(/C=N/NC(N)=O)o2)cc1. The van der Waals surface area contributed by atoms with Crippen molar-refractivity contribution in [1.29, 1.82) is 0 Å². The summed E-state index contributed by atoms with van der Waals surface area (Å²) in [5, 5.41) is 3.61. The fraction of sp³-hybridized carbons (Fsp3) is 0.0769. The molecule has 1 aromatic heterocycles. The predicted molar refractivity (Wildman–Crippen MR) is 71.0 cm³/mol. The molecule has 0 aliphatic rings. The third-order valence-corrected chi connectivity index (χ3v) is 2.37. The van der Waals surface area contributed by atoms with Crippen LogP contribution in [0.25, 0.3) is 11.3 Å². The molecule has 6 heteroatoms. The van der Waals surface area contributed by atoms with Gasteiger partial charge in [0.1, 0.15) is 17.3 Å². The molecule has 0 bridgehead atoms. The number of primary amides is 1. The molecule has 0 aliphatic carbocycles. The van der Waals surface area contributed by atoms with Gasteiger partial charge >= 0.3 is 6.03 Å². The van der Waals surface area contributed by atoms with Crippen LogP contribution in [-0.2, 0) is 0 Å². The average Bonchev–Trinajstić information content (AvgIpc) is 2.87. The van der Waals surface area contributed by atoms with Gasteiger partial charge in [0.05, 0.1) is 13.3 Å². The maximum atomic E-state index is 10.4. The largest absolute Gasteiger partial charge is 0.497 e. The lowest BCUT2D eigenvalue weighted by Gasteiger charge is -2.00. The van der Waals surface area contributed by atoms with Crippen molar-refractivity contribution in [3.05, 3.63) is 42.2 Å². The van der Waals surface area contributed by atoms with Crippen molar-refractivity contribution < 1.29 is 13.9 Å². The Morgan fingerprint density at radius 2 is 2.05 bits per heavy atom. The van der Waals surface area contributed by atoms with Gasteiger partial charge in [0.2, 0.25) is 0 Å². The van der Waals surface area contributed by atoms with Gasteiger partial charge in [-0.1, -0.05) is 0 Å². The van der Waals surface area contributed by atoms with E-state index in [1.165, 1.54) is 6.21 Å². The zero-order valence-corrected chi connectivity index (χ0v) is 10.3. The number of nitrogens with two attached hydrogens (primary N) is 1. The number of hydrogen-bond donors (Lipinski definition) is 2. The minimum Gasteiger partial charge on any atom is -0.497 e. The summed E-state index contributed by atoms with van der Waals surface area (Å²) in [6, 6.07) is 10.3. The number of hydrazone groups is 1. The maximum absolute atomic E-state index is 10.4. The molecule has 1 aromatic carbocycles. The van der Waals surface area contributed by atoms with Crippen LogP contribution in [0.3, 0.4) is 0 Å². The lowest BCUT2D eigenvalue weighted by molar-refractivity contribution is 0.249. The highest BCUT2D eigenvalue weighted by Gasteiger charge is 2.03. The summed E-state index contributed by atoms with van der Waals surface area (Å²) in [5.41, 5.74) is 7.88. The second-order valence-electron chi connectivity index (χ2n) is 3.66. The second kappa shape index (κ2) is 5.72. The van der Waals surface area contributed by atoms with Crippen LogP contribution in [0, 0.1) is 0 Å². The molecule has 2 aromatic rings. The van der Waals surface area contributed by atoms with Crippen LogP contribution in [0.5, 0.6) is 5.75 Å². The van der Waals surface area contributed by atoms with Crippen LogP contribution in [0.15, 0.2) is 45.9 Å². The van der Waals surface area contributed by atoms with Crippen LogP contribution in [-0.4, -0.2) is 19.4 Å². The van der Waals surface area contributed by atoms with Crippen molar-refractivity contribution in [2.24, 2.45) is 10.8 Å². The first-order valence-electron chi connectivity index (χ1n) is 5.52. The van der Waals surface area contributed by atoms with Crippen molar-refractivity contribution in [1.82, 2.24) is 5.43 Å². The molecule has 0 spiro atoms. The standard InChI is InChI=1S/C13H13N3O3/c1-18-10-4-2-9(3-5-10)12-7-6-11(19-12)8-15-16-13(14)17/h2-8H,1H3,(H3,14,16,17)/b15-8+. The second-order valence-corrected chi connectivity index (χ2v) is 3.66. The molecule has 2 amide bonds. The van der Waals surface area contributed by atoms with E-state index in [0.29, 0.717) is 11.5 Å². The lowest BCUT2D eigenvalue weighted by atomic mass is 10.2. The normalized spacial score (nSPS) is 10.6. The molecule has 0 saturated heterocycles. The van der Waals surface area contributed by atoms with E-state index in [2.05, 4.69) is 10.5 Å². The Morgan fingerprint density at radius 1 is 1.32 bits per heavy atom. The number of methoxy groups -OCH3 is 1. The van der Waals surface area contributed by atoms with Gasteiger partial charge in [0.15, 0.2) is 0 Å². The summed E-state index contributed by atoms with van der Waals surface area (Å²) in [6.07, 6.45) is 1.37. The molecule has 0 aliphatic heterocycles. The van der Waals surface area contributed by atoms with Gasteiger partial charge in [0, 0.05) is 5.56 Å². The molecule has 0 radical (unpaired) electrons. The number of carbonyl (C=O) groups is 1. The quantitative estimate of drug-likeness (QED) is 0.649. The Bertz CT molecular complexity index is 587. The summed E-state index contributed by atoms with van der Waals surface area (Å²) < 4.78 is 10.6. The number of benzene rings is 1. The first-order valence-corrected chi connectivity index (χ1v) is 5.52. The molecule has 98 valence electrons. The van der Waals surface area contributed by atoms with Gasteiger partial charge in [-0.3, -0.25) is 0 Å². The fourth-order valence-corrected chi connectivity index (χ4v) is 1.49. The van der Waals surface area contributed by atoms with E-state index in [1.54, 1.807) is 13.2 Å². The number of nitrogens with zero attached hydrogens (tertiary/aromatic N) is 1. The molecule has 0 saturated carbocycles. The molecule has 0 unspecified atom stereocenters. The molecule has 6 nitrogen and oxygen atoms in total. The van der Waals surface area contributed by atoms with E-state index in [9.17, 15) is 4.79 Å². The summed E-state index contributed by atoms with van der Waals surface area (Å²) >= 11 is 0. The summed E-state index contributed by atoms with van der Waals surface area (Å²) in [4.78, 5) is 10.4. The van der Waals surface area contributed by atoms with E-state index in [0.717, 1.165) is 11.3 Å². The first kappa shape index (κ1) is 12.7. The number of ether oxygens (including phenoxy) is 1. The summed E-state index contributed by atoms with van der Waals surface area (Å²) in [6.45, 7) is 0. The fourth-order valence-electron chi connectivity index (χ4n) is 1.49. The molecule has 1 heterocycles. The average molecular weight is 259 g/mol. The van der Waals surface area contributed by atoms with Crippen molar-refractivity contribution in [2.45, 2.75) is 0 Å². The highest BCUT2D eigenvalue weighted by molar-refractivity contribution is 5.79. The number of rotatable bonds is 4. The van der Waals surface area contributed by atoms with Crippen LogP contribution in [0.2, 0.25) is 0 Å². The van der Waals surface area contributed by atoms with E-state index in [-0.39, 0.29) is 0 Å². The number of furan rings is 1. The number of amides is 2. The molecular weight excluding hydrogens is 246 g/mol.